The number of nitrogens with zero attached hydrogens (tertiary/aromatic N) is 2. The van der Waals surface area contributed by atoms with Gasteiger partial charge in [0, 0.05) is 6.42 Å². The lowest BCUT2D eigenvalue weighted by Crippen LogP contribution is -2.36. The van der Waals surface area contributed by atoms with Crippen LogP contribution in [0.2, 0.25) is 0 Å². The predicted octanol–water partition coefficient (Wildman–Crippen LogP) is 1.92. The van der Waals surface area contributed by atoms with E-state index < -0.39 is 29.8 Å². The SMILES string of the molecule is COc1ccc(C2CC(C(F)(F)F)n3ncc(C(=O)[O-])c3N2)cc1. The van der Waals surface area contributed by atoms with E-state index in [1.165, 1.54) is 7.11 Å². The van der Waals surface area contributed by atoms with Crippen LogP contribution in [0.25, 0.3) is 0 Å². The van der Waals surface area contributed by atoms with E-state index in [1.54, 1.807) is 24.3 Å². The molecule has 9 heteroatoms. The van der Waals surface area contributed by atoms with E-state index in [1.807, 2.05) is 0 Å². The molecule has 1 aromatic heterocycles. The van der Waals surface area contributed by atoms with E-state index in [9.17, 15) is 23.1 Å². The number of benzene rings is 1. The van der Waals surface area contributed by atoms with Crippen molar-refractivity contribution in [1.82, 2.24) is 9.78 Å². The second-order valence-electron chi connectivity index (χ2n) is 5.40. The number of aromatic carboxylic acids is 1. The lowest BCUT2D eigenvalue weighted by atomic mass is 9.96. The number of anilines is 1. The standard InChI is InChI=1S/C15H14F3N3O3/c1-24-9-4-2-8(3-5-9)11-6-12(15(16,17)18)21-13(20-11)10(7-19-21)14(22)23/h2-5,7,11-12,20H,6H2,1H3,(H,22,23)/p-1. The molecule has 2 heterocycles. The molecule has 0 spiro atoms. The number of hydrogen-bond acceptors (Lipinski definition) is 5. The first-order valence-corrected chi connectivity index (χ1v) is 7.07. The third-order valence-electron chi connectivity index (χ3n) is 3.98. The summed E-state index contributed by atoms with van der Waals surface area (Å²) >= 11 is 0. The Labute approximate surface area is 134 Å². The molecule has 2 atom stereocenters. The number of alkyl halides is 3. The van der Waals surface area contributed by atoms with Gasteiger partial charge in [0.2, 0.25) is 0 Å². The Hall–Kier alpha value is -2.71. The Balaban J connectivity index is 2.02. The summed E-state index contributed by atoms with van der Waals surface area (Å²) in [5.41, 5.74) is 0.184. The minimum absolute atomic E-state index is 0.204. The molecule has 0 saturated heterocycles. The second kappa shape index (κ2) is 5.73. The first kappa shape index (κ1) is 16.2. The Morgan fingerprint density at radius 3 is 2.58 bits per heavy atom. The van der Waals surface area contributed by atoms with Crippen LogP contribution in [0.4, 0.5) is 19.0 Å². The van der Waals surface area contributed by atoms with Gasteiger partial charge < -0.3 is 20.0 Å². The fraction of sp³-hybridized carbons (Fsp3) is 0.333. The summed E-state index contributed by atoms with van der Waals surface area (Å²) in [5.74, 6) is -1.22. The first-order valence-electron chi connectivity index (χ1n) is 7.07. The average Bonchev–Trinajstić information content (AvgIpc) is 2.97. The van der Waals surface area contributed by atoms with Gasteiger partial charge in [0.1, 0.15) is 11.6 Å². The summed E-state index contributed by atoms with van der Waals surface area (Å²) in [4.78, 5) is 11.1. The highest BCUT2D eigenvalue weighted by Crippen LogP contribution is 2.44. The van der Waals surface area contributed by atoms with Crippen LogP contribution in [0, 0.1) is 0 Å². The number of carboxylic acids is 1. The van der Waals surface area contributed by atoms with Gasteiger partial charge in [0.15, 0.2) is 6.04 Å². The largest absolute Gasteiger partial charge is 0.545 e. The monoisotopic (exact) mass is 340 g/mol. The van der Waals surface area contributed by atoms with E-state index in [4.69, 9.17) is 4.74 Å². The molecule has 1 aliphatic rings. The quantitative estimate of drug-likeness (QED) is 0.923. The normalized spacial score (nSPS) is 20.2. The topological polar surface area (TPSA) is 79.2 Å². The summed E-state index contributed by atoms with van der Waals surface area (Å²) in [6.07, 6.45) is -4.00. The molecule has 0 radical (unpaired) electrons. The maximum atomic E-state index is 13.4. The first-order chi connectivity index (χ1) is 11.3. The van der Waals surface area contributed by atoms with Gasteiger partial charge in [-0.25, -0.2) is 4.68 Å². The van der Waals surface area contributed by atoms with E-state index in [2.05, 4.69) is 10.4 Å². The minimum Gasteiger partial charge on any atom is -0.545 e. The molecule has 24 heavy (non-hydrogen) atoms. The molecule has 0 aliphatic carbocycles. The van der Waals surface area contributed by atoms with Crippen molar-refractivity contribution in [3.63, 3.8) is 0 Å². The lowest BCUT2D eigenvalue weighted by molar-refractivity contribution is -0.255. The number of fused-ring (bicyclic) bond motifs is 1. The van der Waals surface area contributed by atoms with Gasteiger partial charge in [-0.15, -0.1) is 0 Å². The molecule has 1 aromatic carbocycles. The fourth-order valence-corrected chi connectivity index (χ4v) is 2.77. The third kappa shape index (κ3) is 2.77. The molecule has 0 saturated carbocycles. The molecule has 0 amide bonds. The van der Waals surface area contributed by atoms with Crippen molar-refractivity contribution in [1.29, 1.82) is 0 Å². The lowest BCUT2D eigenvalue weighted by Gasteiger charge is -2.34. The van der Waals surface area contributed by atoms with Crippen LogP contribution in [0.1, 0.15) is 34.4 Å². The summed E-state index contributed by atoms with van der Waals surface area (Å²) in [5, 5.41) is 17.5. The number of carbonyl (C=O) groups is 1. The summed E-state index contributed by atoms with van der Waals surface area (Å²) < 4.78 is 45.8. The molecule has 1 N–H and O–H groups in total. The Morgan fingerprint density at radius 1 is 1.38 bits per heavy atom. The Kier molecular flexibility index (Phi) is 3.86. The van der Waals surface area contributed by atoms with Gasteiger partial charge in [-0.05, 0) is 17.7 Å². The molecule has 0 bridgehead atoms. The zero-order chi connectivity index (χ0) is 17.5. The highest BCUT2D eigenvalue weighted by atomic mass is 19.4. The van der Waals surface area contributed by atoms with Gasteiger partial charge in [0.25, 0.3) is 0 Å². The average molecular weight is 340 g/mol. The van der Waals surface area contributed by atoms with Gasteiger partial charge in [-0.2, -0.15) is 18.3 Å². The number of methoxy groups -OCH3 is 1. The molecule has 2 aromatic rings. The zero-order valence-electron chi connectivity index (χ0n) is 12.5. The number of nitrogens with one attached hydrogen (secondary N) is 1. The third-order valence-corrected chi connectivity index (χ3v) is 3.98. The fourth-order valence-electron chi connectivity index (χ4n) is 2.77. The van der Waals surface area contributed by atoms with Crippen LogP contribution in [0.3, 0.4) is 0 Å². The van der Waals surface area contributed by atoms with Crippen LogP contribution >= 0.6 is 0 Å². The van der Waals surface area contributed by atoms with Gasteiger partial charge >= 0.3 is 6.18 Å². The van der Waals surface area contributed by atoms with Gasteiger partial charge in [0.05, 0.1) is 30.9 Å². The van der Waals surface area contributed by atoms with Crippen LogP contribution in [0.15, 0.2) is 30.5 Å². The van der Waals surface area contributed by atoms with E-state index in [0.29, 0.717) is 16.0 Å². The number of ether oxygens (including phenoxy) is 1. The molecule has 2 unspecified atom stereocenters. The maximum absolute atomic E-state index is 13.4. The van der Waals surface area contributed by atoms with Crippen LogP contribution < -0.4 is 15.2 Å². The molecule has 128 valence electrons. The van der Waals surface area contributed by atoms with Gasteiger partial charge in [-0.3, -0.25) is 0 Å². The number of halogens is 3. The molecular formula is C15H13F3N3O3-. The number of carbonyl (C=O) groups excluding carboxylic acids is 1. The molecule has 6 nitrogen and oxygen atoms in total. The molecular weight excluding hydrogens is 327 g/mol. The molecule has 1 aliphatic heterocycles. The molecule has 0 fully saturated rings. The van der Waals surface area contributed by atoms with Crippen molar-refractivity contribution in [3.05, 3.63) is 41.6 Å². The number of rotatable bonds is 3. The van der Waals surface area contributed by atoms with Crippen molar-refractivity contribution in [2.45, 2.75) is 24.7 Å². The number of aromatic nitrogens is 2. The summed E-state index contributed by atoms with van der Waals surface area (Å²) in [6.45, 7) is 0. The van der Waals surface area contributed by atoms with E-state index in [0.717, 1.165) is 6.20 Å². The number of hydrogen-bond donors (Lipinski definition) is 1. The van der Waals surface area contributed by atoms with E-state index in [-0.39, 0.29) is 12.2 Å². The van der Waals surface area contributed by atoms with Crippen molar-refractivity contribution in [3.8, 4) is 5.75 Å². The van der Waals surface area contributed by atoms with Crippen molar-refractivity contribution in [2.24, 2.45) is 0 Å². The van der Waals surface area contributed by atoms with Crippen LogP contribution in [0.5, 0.6) is 5.75 Å². The number of carboxylic acid groups (broad SMARTS) is 1. The summed E-state index contributed by atoms with van der Waals surface area (Å²) in [6, 6.07) is 3.89. The maximum Gasteiger partial charge on any atom is 0.410 e. The Bertz CT molecular complexity index is 756. The van der Waals surface area contributed by atoms with Crippen molar-refractivity contribution < 1.29 is 27.8 Å². The van der Waals surface area contributed by atoms with Crippen molar-refractivity contribution in [2.75, 3.05) is 12.4 Å². The predicted molar refractivity (Wildman–Crippen MR) is 75.6 cm³/mol. The Morgan fingerprint density at radius 2 is 2.04 bits per heavy atom. The second-order valence-corrected chi connectivity index (χ2v) is 5.40. The van der Waals surface area contributed by atoms with Crippen molar-refractivity contribution >= 4 is 11.8 Å². The van der Waals surface area contributed by atoms with Crippen LogP contribution in [-0.4, -0.2) is 29.0 Å². The summed E-state index contributed by atoms with van der Waals surface area (Å²) in [7, 11) is 1.48. The zero-order valence-corrected chi connectivity index (χ0v) is 12.5. The highest BCUT2D eigenvalue weighted by Gasteiger charge is 2.46. The van der Waals surface area contributed by atoms with Gasteiger partial charge in [-0.1, -0.05) is 12.1 Å². The smallest absolute Gasteiger partial charge is 0.410 e. The minimum atomic E-state index is -4.56. The molecule has 3 rings (SSSR count). The highest BCUT2D eigenvalue weighted by molar-refractivity contribution is 5.91. The van der Waals surface area contributed by atoms with E-state index >= 15 is 0 Å². The van der Waals surface area contributed by atoms with Crippen LogP contribution in [-0.2, 0) is 0 Å².